The summed E-state index contributed by atoms with van der Waals surface area (Å²) in [4.78, 5) is 34.0. The Hall–Kier alpha value is -2.44. The first-order valence-corrected chi connectivity index (χ1v) is 6.27. The van der Waals surface area contributed by atoms with Crippen molar-refractivity contribution in [3.63, 3.8) is 0 Å². The van der Waals surface area contributed by atoms with E-state index in [1.807, 2.05) is 0 Å². The van der Waals surface area contributed by atoms with Crippen LogP contribution in [0.1, 0.15) is 30.6 Å². The zero-order valence-corrected chi connectivity index (χ0v) is 11.8. The van der Waals surface area contributed by atoms with Crippen LogP contribution in [0.3, 0.4) is 0 Å². The zero-order chi connectivity index (χ0) is 16.0. The van der Waals surface area contributed by atoms with E-state index < -0.39 is 29.1 Å². The van der Waals surface area contributed by atoms with E-state index in [9.17, 15) is 18.8 Å². The smallest absolute Gasteiger partial charge is 0.305 e. The fourth-order valence-electron chi connectivity index (χ4n) is 1.75. The number of carbonyl (C=O) groups is 3. The molecule has 1 rings (SSSR count). The molecule has 0 aliphatic heterocycles. The standard InChI is InChI=1S/C14H17FN2O4/c1-14(2,7-12(19)20)17-11(18)8-16-13(21)9-5-3-4-6-10(9)15/h3-6H,7-8H2,1-2H3,(H,16,21)(H,17,18)(H,19,20). The molecule has 0 fully saturated rings. The maximum absolute atomic E-state index is 13.4. The summed E-state index contributed by atoms with van der Waals surface area (Å²) < 4.78 is 13.4. The molecule has 114 valence electrons. The molecule has 2 amide bonds. The maximum atomic E-state index is 13.4. The van der Waals surface area contributed by atoms with E-state index >= 15 is 0 Å². The van der Waals surface area contributed by atoms with Crippen molar-refractivity contribution < 1.29 is 23.9 Å². The summed E-state index contributed by atoms with van der Waals surface area (Å²) in [6, 6.07) is 5.41. The monoisotopic (exact) mass is 296 g/mol. The lowest BCUT2D eigenvalue weighted by Gasteiger charge is -2.24. The first-order chi connectivity index (χ1) is 9.71. The van der Waals surface area contributed by atoms with Crippen molar-refractivity contribution in [3.05, 3.63) is 35.6 Å². The molecule has 6 nitrogen and oxygen atoms in total. The number of carboxylic acid groups (broad SMARTS) is 1. The van der Waals surface area contributed by atoms with Gasteiger partial charge in [0.25, 0.3) is 5.91 Å². The van der Waals surface area contributed by atoms with Crippen molar-refractivity contribution in [1.82, 2.24) is 10.6 Å². The van der Waals surface area contributed by atoms with Crippen LogP contribution >= 0.6 is 0 Å². The van der Waals surface area contributed by atoms with Gasteiger partial charge < -0.3 is 15.7 Å². The Bertz CT molecular complexity index is 558. The van der Waals surface area contributed by atoms with E-state index in [1.165, 1.54) is 18.2 Å². The van der Waals surface area contributed by atoms with Crippen LogP contribution < -0.4 is 10.6 Å². The van der Waals surface area contributed by atoms with Gasteiger partial charge in [-0.25, -0.2) is 4.39 Å². The first-order valence-electron chi connectivity index (χ1n) is 6.27. The third-order valence-corrected chi connectivity index (χ3v) is 2.60. The third-order valence-electron chi connectivity index (χ3n) is 2.60. The van der Waals surface area contributed by atoms with E-state index in [1.54, 1.807) is 13.8 Å². The van der Waals surface area contributed by atoms with Crippen LogP contribution in [0.15, 0.2) is 24.3 Å². The highest BCUT2D eigenvalue weighted by atomic mass is 19.1. The topological polar surface area (TPSA) is 95.5 Å². The Kier molecular flexibility index (Phi) is 5.40. The lowest BCUT2D eigenvalue weighted by molar-refractivity contribution is -0.138. The van der Waals surface area contributed by atoms with Crippen molar-refractivity contribution >= 4 is 17.8 Å². The summed E-state index contributed by atoms with van der Waals surface area (Å²) in [6.45, 7) is 2.74. The Labute approximate surface area is 121 Å². The lowest BCUT2D eigenvalue weighted by Crippen LogP contribution is -2.48. The maximum Gasteiger partial charge on any atom is 0.305 e. The van der Waals surface area contributed by atoms with E-state index in [4.69, 9.17) is 5.11 Å². The molecule has 0 radical (unpaired) electrons. The summed E-state index contributed by atoms with van der Waals surface area (Å²) >= 11 is 0. The normalized spacial score (nSPS) is 10.8. The fraction of sp³-hybridized carbons (Fsp3) is 0.357. The molecule has 21 heavy (non-hydrogen) atoms. The van der Waals surface area contributed by atoms with Crippen LogP contribution in [-0.2, 0) is 9.59 Å². The van der Waals surface area contributed by atoms with Crippen molar-refractivity contribution in [2.24, 2.45) is 0 Å². The average molecular weight is 296 g/mol. The number of carboxylic acids is 1. The lowest BCUT2D eigenvalue weighted by atomic mass is 10.0. The van der Waals surface area contributed by atoms with Gasteiger partial charge in [0.2, 0.25) is 5.91 Å². The van der Waals surface area contributed by atoms with E-state index in [-0.39, 0.29) is 18.5 Å². The Morgan fingerprint density at radius 3 is 2.43 bits per heavy atom. The van der Waals surface area contributed by atoms with Crippen LogP contribution in [0.25, 0.3) is 0 Å². The van der Waals surface area contributed by atoms with E-state index in [0.717, 1.165) is 6.07 Å². The number of amides is 2. The molecule has 0 aliphatic carbocycles. The molecule has 0 heterocycles. The van der Waals surface area contributed by atoms with Gasteiger partial charge in [0.05, 0.1) is 18.5 Å². The number of carbonyl (C=O) groups excluding carboxylic acids is 2. The van der Waals surface area contributed by atoms with Gasteiger partial charge in [-0.15, -0.1) is 0 Å². The van der Waals surface area contributed by atoms with Crippen molar-refractivity contribution in [2.45, 2.75) is 25.8 Å². The highest BCUT2D eigenvalue weighted by Crippen LogP contribution is 2.08. The fourth-order valence-corrected chi connectivity index (χ4v) is 1.75. The van der Waals surface area contributed by atoms with E-state index in [0.29, 0.717) is 0 Å². The summed E-state index contributed by atoms with van der Waals surface area (Å²) in [5.74, 6) is -2.98. The average Bonchev–Trinajstić information content (AvgIpc) is 2.34. The van der Waals surface area contributed by atoms with Gasteiger partial charge in [0.1, 0.15) is 5.82 Å². The number of benzene rings is 1. The molecule has 0 saturated carbocycles. The summed E-state index contributed by atoms with van der Waals surface area (Å²) in [6.07, 6.45) is -0.250. The summed E-state index contributed by atoms with van der Waals surface area (Å²) in [5, 5.41) is 13.5. The summed E-state index contributed by atoms with van der Waals surface area (Å²) in [5.41, 5.74) is -1.10. The number of hydrogen-bond donors (Lipinski definition) is 3. The van der Waals surface area contributed by atoms with Crippen LogP contribution in [0, 0.1) is 5.82 Å². The number of rotatable bonds is 6. The van der Waals surface area contributed by atoms with Crippen molar-refractivity contribution in [2.75, 3.05) is 6.54 Å². The molecule has 7 heteroatoms. The number of hydrogen-bond acceptors (Lipinski definition) is 3. The molecular formula is C14H17FN2O4. The predicted molar refractivity (Wildman–Crippen MR) is 73.2 cm³/mol. The van der Waals surface area contributed by atoms with Crippen molar-refractivity contribution in [1.29, 1.82) is 0 Å². The minimum atomic E-state index is -1.05. The second-order valence-electron chi connectivity index (χ2n) is 5.17. The van der Waals surface area contributed by atoms with Gasteiger partial charge in [0.15, 0.2) is 0 Å². The van der Waals surface area contributed by atoms with Gasteiger partial charge in [-0.05, 0) is 26.0 Å². The quantitative estimate of drug-likeness (QED) is 0.727. The molecule has 1 aromatic carbocycles. The second-order valence-corrected chi connectivity index (χ2v) is 5.17. The minimum absolute atomic E-state index is 0.157. The molecule has 0 atom stereocenters. The van der Waals surface area contributed by atoms with Gasteiger partial charge in [-0.3, -0.25) is 14.4 Å². The second kappa shape index (κ2) is 6.83. The van der Waals surface area contributed by atoms with Gasteiger partial charge in [-0.1, -0.05) is 12.1 Å². The Morgan fingerprint density at radius 1 is 1.24 bits per heavy atom. The Morgan fingerprint density at radius 2 is 1.86 bits per heavy atom. The van der Waals surface area contributed by atoms with Crippen LogP contribution in [0.5, 0.6) is 0 Å². The molecule has 0 aliphatic rings. The third kappa shape index (κ3) is 5.60. The van der Waals surface area contributed by atoms with Crippen molar-refractivity contribution in [3.8, 4) is 0 Å². The molecule has 1 aromatic rings. The van der Waals surface area contributed by atoms with Crippen LogP contribution in [-0.4, -0.2) is 35.0 Å². The molecule has 0 bridgehead atoms. The molecule has 3 N–H and O–H groups in total. The number of nitrogens with one attached hydrogen (secondary N) is 2. The highest BCUT2D eigenvalue weighted by Gasteiger charge is 2.24. The minimum Gasteiger partial charge on any atom is -0.481 e. The van der Waals surface area contributed by atoms with Crippen LogP contribution in [0.2, 0.25) is 0 Å². The van der Waals surface area contributed by atoms with Gasteiger partial charge >= 0.3 is 5.97 Å². The van der Waals surface area contributed by atoms with Crippen LogP contribution in [0.4, 0.5) is 4.39 Å². The molecule has 0 unspecified atom stereocenters. The van der Waals surface area contributed by atoms with Gasteiger partial charge in [-0.2, -0.15) is 0 Å². The van der Waals surface area contributed by atoms with Gasteiger partial charge in [0, 0.05) is 5.54 Å². The highest BCUT2D eigenvalue weighted by molar-refractivity contribution is 5.96. The molecule has 0 aromatic heterocycles. The zero-order valence-electron chi connectivity index (χ0n) is 11.8. The molecule has 0 spiro atoms. The largest absolute Gasteiger partial charge is 0.481 e. The summed E-state index contributed by atoms with van der Waals surface area (Å²) in [7, 11) is 0. The SMILES string of the molecule is CC(C)(CC(=O)O)NC(=O)CNC(=O)c1ccccc1F. The Balaban J connectivity index is 2.52. The molecule has 0 saturated heterocycles. The number of halogens is 1. The number of aliphatic carboxylic acids is 1. The first kappa shape index (κ1) is 16.6. The predicted octanol–water partition coefficient (Wildman–Crippen LogP) is 0.925. The molecular weight excluding hydrogens is 279 g/mol. The van der Waals surface area contributed by atoms with E-state index in [2.05, 4.69) is 10.6 Å².